The largest absolute Gasteiger partial charge is 0.398 e. The van der Waals surface area contributed by atoms with Crippen LogP contribution in [-0.4, -0.2) is 48.8 Å². The van der Waals surface area contributed by atoms with Gasteiger partial charge >= 0.3 is 0 Å². The van der Waals surface area contributed by atoms with Crippen LogP contribution in [0.4, 0.5) is 5.69 Å². The molecule has 2 amide bonds. The highest BCUT2D eigenvalue weighted by Gasteiger charge is 2.22. The molecule has 0 heterocycles. The Morgan fingerprint density at radius 2 is 1.90 bits per heavy atom. The van der Waals surface area contributed by atoms with Gasteiger partial charge in [0.15, 0.2) is 0 Å². The number of hydrogen-bond donors (Lipinski definition) is 1. The van der Waals surface area contributed by atoms with Crippen LogP contribution in [0.1, 0.15) is 29.3 Å². The van der Waals surface area contributed by atoms with Crippen LogP contribution in [0.2, 0.25) is 0 Å². The van der Waals surface area contributed by atoms with Crippen molar-refractivity contribution in [2.45, 2.75) is 20.3 Å². The second-order valence-electron chi connectivity index (χ2n) is 5.05. The zero-order valence-electron chi connectivity index (χ0n) is 12.6. The molecule has 0 atom stereocenters. The lowest BCUT2D eigenvalue weighted by atomic mass is 10.1. The second-order valence-corrected chi connectivity index (χ2v) is 5.05. The highest BCUT2D eigenvalue weighted by atomic mass is 16.2. The summed E-state index contributed by atoms with van der Waals surface area (Å²) in [4.78, 5) is 27.5. The van der Waals surface area contributed by atoms with Crippen LogP contribution in [0.15, 0.2) is 18.2 Å². The Morgan fingerprint density at radius 1 is 1.25 bits per heavy atom. The topological polar surface area (TPSA) is 66.6 Å². The molecule has 1 aromatic carbocycles. The molecule has 20 heavy (non-hydrogen) atoms. The van der Waals surface area contributed by atoms with Crippen LogP contribution in [-0.2, 0) is 4.79 Å². The van der Waals surface area contributed by atoms with Crippen molar-refractivity contribution in [3.05, 3.63) is 29.3 Å². The predicted octanol–water partition coefficient (Wildman–Crippen LogP) is 1.52. The van der Waals surface area contributed by atoms with E-state index in [1.54, 1.807) is 25.1 Å². The highest BCUT2D eigenvalue weighted by molar-refractivity contribution is 6.01. The molecule has 5 nitrogen and oxygen atoms in total. The molecule has 1 aromatic rings. The van der Waals surface area contributed by atoms with E-state index in [4.69, 9.17) is 5.73 Å². The summed E-state index contributed by atoms with van der Waals surface area (Å²) < 4.78 is 0. The fourth-order valence-corrected chi connectivity index (χ4v) is 1.97. The minimum absolute atomic E-state index is 0.0768. The van der Waals surface area contributed by atoms with Gasteiger partial charge in [-0.3, -0.25) is 9.59 Å². The maximum Gasteiger partial charge on any atom is 0.256 e. The molecule has 0 bridgehead atoms. The Kier molecular flexibility index (Phi) is 5.55. The van der Waals surface area contributed by atoms with Gasteiger partial charge in [-0.1, -0.05) is 19.1 Å². The molecule has 0 aliphatic rings. The van der Waals surface area contributed by atoms with Crippen molar-refractivity contribution in [1.82, 2.24) is 9.80 Å². The molecule has 0 aromatic heterocycles. The normalized spacial score (nSPS) is 10.2. The molecular weight excluding hydrogens is 254 g/mol. The number of nitrogen functional groups attached to an aromatic ring is 1. The van der Waals surface area contributed by atoms with Gasteiger partial charge in [-0.05, 0) is 25.0 Å². The molecule has 0 radical (unpaired) electrons. The Hall–Kier alpha value is -2.04. The summed E-state index contributed by atoms with van der Waals surface area (Å²) in [5.41, 5.74) is 7.68. The van der Waals surface area contributed by atoms with Gasteiger partial charge in [-0.15, -0.1) is 0 Å². The molecule has 0 unspecified atom stereocenters. The lowest BCUT2D eigenvalue weighted by Gasteiger charge is -2.24. The van der Waals surface area contributed by atoms with Crippen LogP contribution in [0, 0.1) is 6.92 Å². The summed E-state index contributed by atoms with van der Waals surface area (Å²) >= 11 is 0. The van der Waals surface area contributed by atoms with Gasteiger partial charge in [0, 0.05) is 26.3 Å². The third kappa shape index (κ3) is 3.73. The first-order chi connectivity index (χ1) is 9.38. The van der Waals surface area contributed by atoms with Crippen LogP contribution in [0.5, 0.6) is 0 Å². The van der Waals surface area contributed by atoms with E-state index in [0.29, 0.717) is 17.8 Å². The van der Waals surface area contributed by atoms with Gasteiger partial charge in [-0.2, -0.15) is 0 Å². The predicted molar refractivity (Wildman–Crippen MR) is 80.5 cm³/mol. The molecule has 5 heteroatoms. The van der Waals surface area contributed by atoms with E-state index in [0.717, 1.165) is 12.0 Å². The third-order valence-corrected chi connectivity index (χ3v) is 3.12. The summed E-state index contributed by atoms with van der Waals surface area (Å²) in [5.74, 6) is -0.281. The van der Waals surface area contributed by atoms with E-state index in [-0.39, 0.29) is 18.4 Å². The zero-order chi connectivity index (χ0) is 15.3. The van der Waals surface area contributed by atoms with Gasteiger partial charge < -0.3 is 15.5 Å². The Morgan fingerprint density at radius 3 is 2.40 bits per heavy atom. The first kappa shape index (κ1) is 16.0. The first-order valence-corrected chi connectivity index (χ1v) is 6.73. The fourth-order valence-electron chi connectivity index (χ4n) is 1.97. The van der Waals surface area contributed by atoms with Crippen molar-refractivity contribution in [3.8, 4) is 0 Å². The summed E-state index contributed by atoms with van der Waals surface area (Å²) in [7, 11) is 3.36. The monoisotopic (exact) mass is 277 g/mol. The molecule has 110 valence electrons. The average molecular weight is 277 g/mol. The number of nitrogens with zero attached hydrogens (tertiary/aromatic N) is 2. The van der Waals surface area contributed by atoms with Crippen molar-refractivity contribution in [1.29, 1.82) is 0 Å². The maximum absolute atomic E-state index is 12.6. The van der Waals surface area contributed by atoms with Gasteiger partial charge in [0.1, 0.15) is 6.54 Å². The van der Waals surface area contributed by atoms with E-state index in [1.807, 2.05) is 26.0 Å². The zero-order valence-corrected chi connectivity index (χ0v) is 12.6. The number of carbonyl (C=O) groups is 2. The van der Waals surface area contributed by atoms with Crippen molar-refractivity contribution in [2.24, 2.45) is 0 Å². The van der Waals surface area contributed by atoms with Crippen molar-refractivity contribution in [2.75, 3.05) is 32.9 Å². The van der Waals surface area contributed by atoms with E-state index in [2.05, 4.69) is 0 Å². The van der Waals surface area contributed by atoms with E-state index in [1.165, 1.54) is 4.90 Å². The number of benzene rings is 1. The molecule has 0 saturated heterocycles. The van der Waals surface area contributed by atoms with Crippen molar-refractivity contribution in [3.63, 3.8) is 0 Å². The number of likely N-dealkylation sites (N-methyl/N-ethyl adjacent to an activating group) is 1. The smallest absolute Gasteiger partial charge is 0.256 e. The van der Waals surface area contributed by atoms with Crippen LogP contribution in [0.3, 0.4) is 0 Å². The maximum atomic E-state index is 12.6. The minimum Gasteiger partial charge on any atom is -0.398 e. The molecule has 1 rings (SSSR count). The van der Waals surface area contributed by atoms with E-state index in [9.17, 15) is 9.59 Å². The van der Waals surface area contributed by atoms with Gasteiger partial charge in [-0.25, -0.2) is 0 Å². The molecule has 0 aliphatic heterocycles. The Labute approximate surface area is 120 Å². The number of carbonyl (C=O) groups excluding carboxylic acids is 2. The fraction of sp³-hybridized carbons (Fsp3) is 0.467. The number of hydrogen-bond acceptors (Lipinski definition) is 3. The Bertz CT molecular complexity index is 478. The summed E-state index contributed by atoms with van der Waals surface area (Å²) in [6, 6.07) is 5.37. The molecule has 0 spiro atoms. The second kappa shape index (κ2) is 6.93. The molecule has 2 N–H and O–H groups in total. The first-order valence-electron chi connectivity index (χ1n) is 6.73. The van der Waals surface area contributed by atoms with Crippen LogP contribution >= 0.6 is 0 Å². The third-order valence-electron chi connectivity index (χ3n) is 3.12. The molecular formula is C15H23N3O2. The van der Waals surface area contributed by atoms with Gasteiger partial charge in [0.2, 0.25) is 5.91 Å². The summed E-state index contributed by atoms with van der Waals surface area (Å²) in [6.07, 6.45) is 0.790. The molecule has 0 fully saturated rings. The number of rotatable bonds is 5. The van der Waals surface area contributed by atoms with Gasteiger partial charge in [0.25, 0.3) is 5.91 Å². The van der Waals surface area contributed by atoms with Crippen LogP contribution in [0.25, 0.3) is 0 Å². The van der Waals surface area contributed by atoms with E-state index >= 15 is 0 Å². The number of amides is 2. The lowest BCUT2D eigenvalue weighted by Crippen LogP contribution is -2.41. The highest BCUT2D eigenvalue weighted by Crippen LogP contribution is 2.18. The minimum atomic E-state index is -0.183. The SMILES string of the molecule is CCCN(CC(=O)N(C)C)C(=O)c1c(C)cccc1N. The number of anilines is 1. The molecule has 0 aliphatic carbocycles. The standard InChI is InChI=1S/C15H23N3O2/c1-5-9-18(10-13(19)17(3)4)15(20)14-11(2)7-6-8-12(14)16/h6-8H,5,9-10,16H2,1-4H3. The van der Waals surface area contributed by atoms with Crippen molar-refractivity contribution >= 4 is 17.5 Å². The van der Waals surface area contributed by atoms with E-state index < -0.39 is 0 Å². The average Bonchev–Trinajstić information content (AvgIpc) is 2.37. The number of nitrogens with two attached hydrogens (primary N) is 1. The van der Waals surface area contributed by atoms with Crippen molar-refractivity contribution < 1.29 is 9.59 Å². The van der Waals surface area contributed by atoms with Gasteiger partial charge in [0.05, 0.1) is 5.56 Å². The lowest BCUT2D eigenvalue weighted by molar-refractivity contribution is -0.129. The Balaban J connectivity index is 3.02. The quantitative estimate of drug-likeness (QED) is 0.830. The van der Waals surface area contributed by atoms with Crippen LogP contribution < -0.4 is 5.73 Å². The summed E-state index contributed by atoms with van der Waals surface area (Å²) in [6.45, 7) is 4.43. The molecule has 0 saturated carbocycles. The summed E-state index contributed by atoms with van der Waals surface area (Å²) in [5, 5.41) is 0. The number of aryl methyl sites for hydroxylation is 1.